The monoisotopic (exact) mass is 345 g/mol. The van der Waals surface area contributed by atoms with E-state index in [2.05, 4.69) is 20.9 Å². The molecule has 0 aliphatic heterocycles. The lowest BCUT2D eigenvalue weighted by molar-refractivity contribution is 0.619. The summed E-state index contributed by atoms with van der Waals surface area (Å²) < 4.78 is 15.9. The van der Waals surface area contributed by atoms with E-state index in [0.717, 1.165) is 11.3 Å². The molecule has 0 aliphatic carbocycles. The smallest absolute Gasteiger partial charge is 0.139 e. The zero-order valence-corrected chi connectivity index (χ0v) is 12.7. The van der Waals surface area contributed by atoms with E-state index in [1.807, 2.05) is 36.4 Å². The molecule has 106 valence electrons. The molecule has 2 N–H and O–H groups in total. The largest absolute Gasteiger partial charge is 0.319 e. The van der Waals surface area contributed by atoms with Crippen molar-refractivity contribution in [2.45, 2.75) is 6.04 Å². The van der Waals surface area contributed by atoms with Gasteiger partial charge in [0.1, 0.15) is 5.82 Å². The van der Waals surface area contributed by atoms with Gasteiger partial charge in [-0.05, 0) is 39.7 Å². The summed E-state index contributed by atoms with van der Waals surface area (Å²) in [5, 5.41) is 0. The summed E-state index contributed by atoms with van der Waals surface area (Å²) >= 11 is 3.15. The van der Waals surface area contributed by atoms with Gasteiger partial charge in [0.05, 0.1) is 28.7 Å². The molecule has 2 aromatic carbocycles. The van der Waals surface area contributed by atoms with Crippen LogP contribution in [0.4, 0.5) is 4.39 Å². The summed E-state index contributed by atoms with van der Waals surface area (Å²) in [6.45, 7) is 0. The molecule has 21 heavy (non-hydrogen) atoms. The average Bonchev–Trinajstić information content (AvgIpc) is 2.99. The SMILES string of the molecule is NC(c1ccccc1)c1cncn1-c1ccc(Br)c(F)c1. The molecular weight excluding hydrogens is 333 g/mol. The number of nitrogens with zero attached hydrogens (tertiary/aromatic N) is 2. The fraction of sp³-hybridized carbons (Fsp3) is 0.0625. The third-order valence-corrected chi connectivity index (χ3v) is 3.97. The summed E-state index contributed by atoms with van der Waals surface area (Å²) in [4.78, 5) is 4.15. The number of rotatable bonds is 3. The van der Waals surface area contributed by atoms with E-state index in [0.29, 0.717) is 10.2 Å². The third kappa shape index (κ3) is 2.75. The minimum absolute atomic E-state index is 0.319. The lowest BCUT2D eigenvalue weighted by atomic mass is 10.1. The average molecular weight is 346 g/mol. The highest BCUT2D eigenvalue weighted by Gasteiger charge is 2.15. The first kappa shape index (κ1) is 14.0. The van der Waals surface area contributed by atoms with Gasteiger partial charge in [-0.2, -0.15) is 0 Å². The maximum absolute atomic E-state index is 13.7. The predicted molar refractivity (Wildman–Crippen MR) is 83.7 cm³/mol. The van der Waals surface area contributed by atoms with Crippen LogP contribution in [0.1, 0.15) is 17.3 Å². The Bertz CT molecular complexity index is 755. The van der Waals surface area contributed by atoms with Crippen LogP contribution >= 0.6 is 15.9 Å². The second-order valence-corrected chi connectivity index (χ2v) is 5.53. The maximum atomic E-state index is 13.7. The van der Waals surface area contributed by atoms with Crippen molar-refractivity contribution in [3.8, 4) is 5.69 Å². The summed E-state index contributed by atoms with van der Waals surface area (Å²) in [7, 11) is 0. The van der Waals surface area contributed by atoms with E-state index < -0.39 is 0 Å². The molecule has 0 spiro atoms. The van der Waals surface area contributed by atoms with Crippen LogP contribution in [-0.2, 0) is 0 Å². The lowest BCUT2D eigenvalue weighted by Gasteiger charge is -2.15. The Morgan fingerprint density at radius 3 is 2.62 bits per heavy atom. The fourth-order valence-electron chi connectivity index (χ4n) is 2.22. The number of imidazole rings is 1. The van der Waals surface area contributed by atoms with Crippen molar-refractivity contribution in [2.75, 3.05) is 0 Å². The molecule has 1 aromatic heterocycles. The Morgan fingerprint density at radius 2 is 1.90 bits per heavy atom. The number of hydrogen-bond acceptors (Lipinski definition) is 2. The molecular formula is C16H13BrFN3. The van der Waals surface area contributed by atoms with Crippen LogP contribution < -0.4 is 5.73 Å². The first-order valence-electron chi connectivity index (χ1n) is 6.45. The summed E-state index contributed by atoms with van der Waals surface area (Å²) in [5.41, 5.74) is 8.78. The van der Waals surface area contributed by atoms with Crippen molar-refractivity contribution in [1.82, 2.24) is 9.55 Å². The van der Waals surface area contributed by atoms with Gasteiger partial charge < -0.3 is 10.3 Å². The molecule has 5 heteroatoms. The van der Waals surface area contributed by atoms with Crippen molar-refractivity contribution < 1.29 is 4.39 Å². The van der Waals surface area contributed by atoms with Crippen LogP contribution in [0.2, 0.25) is 0 Å². The zero-order chi connectivity index (χ0) is 14.8. The Hall–Kier alpha value is -1.98. The highest BCUT2D eigenvalue weighted by atomic mass is 79.9. The zero-order valence-electron chi connectivity index (χ0n) is 11.1. The van der Waals surface area contributed by atoms with Gasteiger partial charge in [0.2, 0.25) is 0 Å². The number of aromatic nitrogens is 2. The predicted octanol–water partition coefficient (Wildman–Crippen LogP) is 3.82. The Kier molecular flexibility index (Phi) is 3.86. The first-order valence-corrected chi connectivity index (χ1v) is 7.24. The van der Waals surface area contributed by atoms with E-state index in [1.165, 1.54) is 6.07 Å². The van der Waals surface area contributed by atoms with E-state index in [-0.39, 0.29) is 11.9 Å². The highest BCUT2D eigenvalue weighted by Crippen LogP contribution is 2.24. The normalized spacial score (nSPS) is 12.3. The third-order valence-electron chi connectivity index (χ3n) is 3.33. The Morgan fingerprint density at radius 1 is 1.14 bits per heavy atom. The molecule has 0 bridgehead atoms. The number of hydrogen-bond donors (Lipinski definition) is 1. The fourth-order valence-corrected chi connectivity index (χ4v) is 2.46. The van der Waals surface area contributed by atoms with Gasteiger partial charge in [0.25, 0.3) is 0 Å². The first-order chi connectivity index (χ1) is 10.2. The minimum Gasteiger partial charge on any atom is -0.319 e. The molecule has 1 unspecified atom stereocenters. The molecule has 1 atom stereocenters. The van der Waals surface area contributed by atoms with Gasteiger partial charge in [-0.15, -0.1) is 0 Å². The molecule has 3 rings (SSSR count). The van der Waals surface area contributed by atoms with Crippen LogP contribution in [0.5, 0.6) is 0 Å². The molecule has 0 saturated heterocycles. The van der Waals surface area contributed by atoms with Crippen LogP contribution in [0.25, 0.3) is 5.69 Å². The van der Waals surface area contributed by atoms with Crippen molar-refractivity contribution >= 4 is 15.9 Å². The standard InChI is InChI=1S/C16H13BrFN3/c17-13-7-6-12(8-14(13)18)21-10-20-9-15(21)16(19)11-4-2-1-3-5-11/h1-10,16H,19H2. The van der Waals surface area contributed by atoms with Crippen molar-refractivity contribution in [1.29, 1.82) is 0 Å². The van der Waals surface area contributed by atoms with Gasteiger partial charge in [0.15, 0.2) is 0 Å². The maximum Gasteiger partial charge on any atom is 0.139 e. The Balaban J connectivity index is 2.03. The van der Waals surface area contributed by atoms with E-state index in [1.54, 1.807) is 23.2 Å². The van der Waals surface area contributed by atoms with E-state index in [4.69, 9.17) is 5.73 Å². The van der Waals surface area contributed by atoms with Crippen molar-refractivity contribution in [3.05, 3.63) is 82.6 Å². The van der Waals surface area contributed by atoms with E-state index in [9.17, 15) is 4.39 Å². The van der Waals surface area contributed by atoms with Gasteiger partial charge >= 0.3 is 0 Å². The molecule has 3 aromatic rings. The van der Waals surface area contributed by atoms with Crippen molar-refractivity contribution in [3.63, 3.8) is 0 Å². The van der Waals surface area contributed by atoms with Gasteiger partial charge in [-0.25, -0.2) is 9.37 Å². The molecule has 0 aliphatic rings. The summed E-state index contributed by atoms with van der Waals surface area (Å²) in [5.74, 6) is -0.319. The number of benzene rings is 2. The quantitative estimate of drug-likeness (QED) is 0.784. The second-order valence-electron chi connectivity index (χ2n) is 4.68. The molecule has 3 nitrogen and oxygen atoms in total. The molecule has 0 radical (unpaired) electrons. The van der Waals surface area contributed by atoms with Crippen LogP contribution in [-0.4, -0.2) is 9.55 Å². The van der Waals surface area contributed by atoms with Crippen LogP contribution in [0.3, 0.4) is 0 Å². The number of nitrogens with two attached hydrogens (primary N) is 1. The van der Waals surface area contributed by atoms with Crippen molar-refractivity contribution in [2.24, 2.45) is 5.73 Å². The summed E-state index contributed by atoms with van der Waals surface area (Å²) in [6, 6.07) is 14.4. The topological polar surface area (TPSA) is 43.8 Å². The van der Waals surface area contributed by atoms with E-state index >= 15 is 0 Å². The molecule has 1 heterocycles. The molecule has 0 amide bonds. The minimum atomic E-state index is -0.319. The lowest BCUT2D eigenvalue weighted by Crippen LogP contribution is -2.15. The van der Waals surface area contributed by atoms with Gasteiger partial charge in [-0.3, -0.25) is 0 Å². The van der Waals surface area contributed by atoms with Gasteiger partial charge in [0, 0.05) is 5.69 Å². The summed E-state index contributed by atoms with van der Waals surface area (Å²) in [6.07, 6.45) is 3.35. The molecule has 0 fully saturated rings. The van der Waals surface area contributed by atoms with Gasteiger partial charge in [-0.1, -0.05) is 30.3 Å². The second kappa shape index (κ2) is 5.79. The number of halogens is 2. The Labute approximate surface area is 130 Å². The molecule has 0 saturated carbocycles. The van der Waals surface area contributed by atoms with Crippen LogP contribution in [0, 0.1) is 5.82 Å². The van der Waals surface area contributed by atoms with Crippen LogP contribution in [0.15, 0.2) is 65.5 Å². The highest BCUT2D eigenvalue weighted by molar-refractivity contribution is 9.10.